The van der Waals surface area contributed by atoms with Crippen molar-refractivity contribution >= 4 is 11.3 Å². The van der Waals surface area contributed by atoms with Crippen molar-refractivity contribution in [2.45, 2.75) is 52.1 Å². The minimum atomic E-state index is 0.232. The Kier molecular flexibility index (Phi) is 5.47. The quantitative estimate of drug-likeness (QED) is 0.928. The lowest BCUT2D eigenvalue weighted by Gasteiger charge is -2.42. The average Bonchev–Trinajstić information content (AvgIpc) is 2.89. The molecule has 21 heavy (non-hydrogen) atoms. The van der Waals surface area contributed by atoms with Gasteiger partial charge in [0.25, 0.3) is 0 Å². The van der Waals surface area contributed by atoms with Crippen LogP contribution in [0.3, 0.4) is 0 Å². The minimum absolute atomic E-state index is 0.232. The molecular formula is C17H31N3S. The van der Waals surface area contributed by atoms with Gasteiger partial charge in [-0.2, -0.15) is 0 Å². The van der Waals surface area contributed by atoms with E-state index in [2.05, 4.69) is 56.6 Å². The topological polar surface area (TPSA) is 32.5 Å². The SMILES string of the molecule is CCN1CCN(C(CN)c2ccc(C(C)(C)C)s2)CC1C. The fourth-order valence-electron chi connectivity index (χ4n) is 3.16. The van der Waals surface area contributed by atoms with E-state index in [1.54, 1.807) is 0 Å². The maximum Gasteiger partial charge on any atom is 0.0565 e. The summed E-state index contributed by atoms with van der Waals surface area (Å²) in [4.78, 5) is 8.02. The van der Waals surface area contributed by atoms with Crippen LogP contribution < -0.4 is 5.73 Å². The molecule has 3 nitrogen and oxygen atoms in total. The van der Waals surface area contributed by atoms with Gasteiger partial charge in [-0.3, -0.25) is 9.80 Å². The maximum atomic E-state index is 6.12. The molecule has 1 aliphatic rings. The predicted octanol–water partition coefficient (Wildman–Crippen LogP) is 3.07. The van der Waals surface area contributed by atoms with Gasteiger partial charge in [0.15, 0.2) is 0 Å². The van der Waals surface area contributed by atoms with E-state index in [-0.39, 0.29) is 5.41 Å². The van der Waals surface area contributed by atoms with Gasteiger partial charge in [0.2, 0.25) is 0 Å². The Morgan fingerprint density at radius 2 is 2.05 bits per heavy atom. The first-order valence-electron chi connectivity index (χ1n) is 8.15. The van der Waals surface area contributed by atoms with Gasteiger partial charge in [0.1, 0.15) is 0 Å². The van der Waals surface area contributed by atoms with Gasteiger partial charge < -0.3 is 5.73 Å². The second-order valence-corrected chi connectivity index (χ2v) is 8.29. The lowest BCUT2D eigenvalue weighted by molar-refractivity contribution is 0.0616. The summed E-state index contributed by atoms with van der Waals surface area (Å²) >= 11 is 1.94. The van der Waals surface area contributed by atoms with E-state index in [4.69, 9.17) is 5.73 Å². The van der Waals surface area contributed by atoms with Crippen molar-refractivity contribution in [1.82, 2.24) is 9.80 Å². The number of piperazine rings is 1. The molecule has 0 aromatic carbocycles. The van der Waals surface area contributed by atoms with E-state index in [1.165, 1.54) is 9.75 Å². The number of hydrogen-bond acceptors (Lipinski definition) is 4. The Morgan fingerprint density at radius 3 is 2.52 bits per heavy atom. The van der Waals surface area contributed by atoms with Gasteiger partial charge in [-0.1, -0.05) is 27.7 Å². The lowest BCUT2D eigenvalue weighted by Crippen LogP contribution is -2.53. The van der Waals surface area contributed by atoms with Crippen molar-refractivity contribution < 1.29 is 0 Å². The third-order valence-corrected chi connectivity index (χ3v) is 6.17. The number of hydrogen-bond donors (Lipinski definition) is 1. The fraction of sp³-hybridized carbons (Fsp3) is 0.765. The van der Waals surface area contributed by atoms with Gasteiger partial charge in [0, 0.05) is 42.0 Å². The van der Waals surface area contributed by atoms with Crippen LogP contribution >= 0.6 is 11.3 Å². The molecule has 0 radical (unpaired) electrons. The molecule has 120 valence electrons. The highest BCUT2D eigenvalue weighted by molar-refractivity contribution is 7.12. The summed E-state index contributed by atoms with van der Waals surface area (Å²) < 4.78 is 0. The zero-order chi connectivity index (χ0) is 15.6. The first-order valence-corrected chi connectivity index (χ1v) is 8.96. The average molecular weight is 310 g/mol. The first-order chi connectivity index (χ1) is 9.86. The first kappa shape index (κ1) is 16.9. The Balaban J connectivity index is 2.11. The Hall–Kier alpha value is -0.420. The summed E-state index contributed by atoms with van der Waals surface area (Å²) in [6, 6.07) is 5.58. The summed E-state index contributed by atoms with van der Waals surface area (Å²) in [6.07, 6.45) is 0. The van der Waals surface area contributed by atoms with Crippen LogP contribution in [0.25, 0.3) is 0 Å². The molecule has 1 aromatic rings. The molecule has 2 rings (SSSR count). The van der Waals surface area contributed by atoms with Crippen LogP contribution in [0.4, 0.5) is 0 Å². The highest BCUT2D eigenvalue weighted by Crippen LogP contribution is 2.34. The van der Waals surface area contributed by atoms with Crippen LogP contribution in [0.15, 0.2) is 12.1 Å². The van der Waals surface area contributed by atoms with Crippen LogP contribution in [-0.2, 0) is 5.41 Å². The van der Waals surface area contributed by atoms with Crippen molar-refractivity contribution in [3.05, 3.63) is 21.9 Å². The Morgan fingerprint density at radius 1 is 1.33 bits per heavy atom. The summed E-state index contributed by atoms with van der Waals surface area (Å²) in [7, 11) is 0. The van der Waals surface area contributed by atoms with Crippen molar-refractivity contribution in [2.75, 3.05) is 32.7 Å². The smallest absolute Gasteiger partial charge is 0.0565 e. The molecule has 1 aliphatic heterocycles. The van der Waals surface area contributed by atoms with Crippen LogP contribution in [0, 0.1) is 0 Å². The van der Waals surface area contributed by atoms with Crippen molar-refractivity contribution in [3.8, 4) is 0 Å². The lowest BCUT2D eigenvalue weighted by atomic mass is 9.95. The molecule has 0 spiro atoms. The minimum Gasteiger partial charge on any atom is -0.329 e. The number of thiophene rings is 1. The second kappa shape index (κ2) is 6.78. The van der Waals surface area contributed by atoms with E-state index in [9.17, 15) is 0 Å². The number of nitrogens with zero attached hydrogens (tertiary/aromatic N) is 2. The monoisotopic (exact) mass is 309 g/mol. The van der Waals surface area contributed by atoms with Crippen molar-refractivity contribution in [1.29, 1.82) is 0 Å². The van der Waals surface area contributed by atoms with E-state index >= 15 is 0 Å². The molecule has 0 saturated carbocycles. The van der Waals surface area contributed by atoms with Crippen LogP contribution in [0.1, 0.15) is 50.4 Å². The molecule has 1 saturated heterocycles. The van der Waals surface area contributed by atoms with Crippen LogP contribution in [-0.4, -0.2) is 48.6 Å². The molecule has 1 fully saturated rings. The second-order valence-electron chi connectivity index (χ2n) is 7.18. The summed E-state index contributed by atoms with van der Waals surface area (Å²) in [6.45, 7) is 16.7. The zero-order valence-electron chi connectivity index (χ0n) is 14.2. The molecule has 0 amide bonds. The van der Waals surface area contributed by atoms with Gasteiger partial charge in [0.05, 0.1) is 6.04 Å². The maximum absolute atomic E-state index is 6.12. The van der Waals surface area contributed by atoms with E-state index in [0.29, 0.717) is 18.6 Å². The van der Waals surface area contributed by atoms with Crippen molar-refractivity contribution in [3.63, 3.8) is 0 Å². The number of likely N-dealkylation sites (N-methyl/N-ethyl adjacent to an activating group) is 1. The predicted molar refractivity (Wildman–Crippen MR) is 93.1 cm³/mol. The molecule has 0 aliphatic carbocycles. The van der Waals surface area contributed by atoms with Gasteiger partial charge in [-0.15, -0.1) is 11.3 Å². The highest BCUT2D eigenvalue weighted by Gasteiger charge is 2.29. The molecule has 2 heterocycles. The molecule has 1 aromatic heterocycles. The molecule has 2 unspecified atom stereocenters. The molecule has 0 bridgehead atoms. The van der Waals surface area contributed by atoms with E-state index in [0.717, 1.165) is 26.2 Å². The van der Waals surface area contributed by atoms with Gasteiger partial charge in [-0.05, 0) is 31.0 Å². The van der Waals surface area contributed by atoms with Gasteiger partial charge >= 0.3 is 0 Å². The zero-order valence-corrected chi connectivity index (χ0v) is 15.0. The summed E-state index contributed by atoms with van der Waals surface area (Å²) in [5.41, 5.74) is 6.35. The normalized spacial score (nSPS) is 23.4. The summed E-state index contributed by atoms with van der Waals surface area (Å²) in [5.74, 6) is 0. The standard InChI is InChI=1S/C17H31N3S/c1-6-19-9-10-20(12-13(19)2)14(11-18)15-7-8-16(21-15)17(3,4)5/h7-8,13-14H,6,9-12,18H2,1-5H3. The molecule has 2 N–H and O–H groups in total. The molecular weight excluding hydrogens is 278 g/mol. The van der Waals surface area contributed by atoms with E-state index < -0.39 is 0 Å². The third kappa shape index (κ3) is 3.86. The Bertz CT molecular complexity index is 449. The number of rotatable bonds is 4. The van der Waals surface area contributed by atoms with E-state index in [1.807, 2.05) is 11.3 Å². The highest BCUT2D eigenvalue weighted by atomic mass is 32.1. The molecule has 2 atom stereocenters. The van der Waals surface area contributed by atoms with Crippen molar-refractivity contribution in [2.24, 2.45) is 5.73 Å². The Labute approximate surface area is 134 Å². The van der Waals surface area contributed by atoms with Crippen LogP contribution in [0.2, 0.25) is 0 Å². The fourth-order valence-corrected chi connectivity index (χ4v) is 4.37. The summed E-state index contributed by atoms with van der Waals surface area (Å²) in [5, 5.41) is 0. The van der Waals surface area contributed by atoms with Crippen LogP contribution in [0.5, 0.6) is 0 Å². The number of nitrogens with two attached hydrogens (primary N) is 1. The third-order valence-electron chi connectivity index (χ3n) is 4.56. The molecule has 4 heteroatoms. The largest absolute Gasteiger partial charge is 0.329 e. The van der Waals surface area contributed by atoms with Gasteiger partial charge in [-0.25, -0.2) is 0 Å².